The van der Waals surface area contributed by atoms with Crippen LogP contribution in [-0.2, 0) is 0 Å². The predicted octanol–water partition coefficient (Wildman–Crippen LogP) is 2.59. The van der Waals surface area contributed by atoms with E-state index in [1.165, 1.54) is 6.33 Å². The maximum Gasteiger partial charge on any atom is 0.204 e. The van der Waals surface area contributed by atoms with E-state index in [0.717, 1.165) is 17.0 Å². The van der Waals surface area contributed by atoms with Crippen molar-refractivity contribution in [1.29, 1.82) is 0 Å². The van der Waals surface area contributed by atoms with Crippen molar-refractivity contribution in [2.45, 2.75) is 6.92 Å². The summed E-state index contributed by atoms with van der Waals surface area (Å²) in [7, 11) is 5.03. The van der Waals surface area contributed by atoms with Gasteiger partial charge in [0.1, 0.15) is 12.1 Å². The number of hydrogen-bond donors (Lipinski definition) is 2. The summed E-state index contributed by atoms with van der Waals surface area (Å²) in [5, 5.41) is 6.18. The fraction of sp³-hybridized carbons (Fsp3) is 0.286. The summed E-state index contributed by atoms with van der Waals surface area (Å²) in [6.45, 7) is 1.99. The van der Waals surface area contributed by atoms with Gasteiger partial charge in [-0.2, -0.15) is 0 Å². The first-order valence-electron chi connectivity index (χ1n) is 6.18. The van der Waals surface area contributed by atoms with Gasteiger partial charge in [0.05, 0.1) is 14.2 Å². The number of ether oxygens (including phenoxy) is 2. The standard InChI is InChI=1S/C14H18N4O2/c1-9-7-10(5-6-11(9)19-3)18-14-12(20-4)13(15-2)16-8-17-14/h5-8H,1-4H3,(H2,15,16,17,18). The third kappa shape index (κ3) is 2.74. The van der Waals surface area contributed by atoms with Crippen LogP contribution in [0.4, 0.5) is 17.3 Å². The predicted molar refractivity (Wildman–Crippen MR) is 79.1 cm³/mol. The summed E-state index contributed by atoms with van der Waals surface area (Å²) >= 11 is 0. The number of anilines is 3. The molecule has 0 saturated carbocycles. The Morgan fingerprint density at radius 1 is 1.05 bits per heavy atom. The molecule has 0 aliphatic heterocycles. The van der Waals surface area contributed by atoms with Crippen LogP contribution in [0.25, 0.3) is 0 Å². The van der Waals surface area contributed by atoms with Crippen molar-refractivity contribution in [2.75, 3.05) is 31.9 Å². The molecular weight excluding hydrogens is 256 g/mol. The maximum absolute atomic E-state index is 5.34. The Labute approximate surface area is 118 Å². The smallest absolute Gasteiger partial charge is 0.204 e. The van der Waals surface area contributed by atoms with Crippen LogP contribution in [0.5, 0.6) is 11.5 Å². The molecule has 0 saturated heterocycles. The summed E-state index contributed by atoms with van der Waals surface area (Å²) in [6, 6.07) is 5.82. The van der Waals surface area contributed by atoms with Crippen LogP contribution in [0, 0.1) is 6.92 Å². The molecule has 20 heavy (non-hydrogen) atoms. The Hall–Kier alpha value is -2.50. The lowest BCUT2D eigenvalue weighted by atomic mass is 10.2. The Kier molecular flexibility index (Phi) is 4.24. The van der Waals surface area contributed by atoms with E-state index in [1.54, 1.807) is 21.3 Å². The van der Waals surface area contributed by atoms with Gasteiger partial charge in [-0.05, 0) is 30.7 Å². The summed E-state index contributed by atoms with van der Waals surface area (Å²) in [4.78, 5) is 8.32. The average molecular weight is 274 g/mol. The molecule has 1 aromatic carbocycles. The zero-order valence-electron chi connectivity index (χ0n) is 12.0. The molecule has 1 heterocycles. The number of hydrogen-bond acceptors (Lipinski definition) is 6. The van der Waals surface area contributed by atoms with E-state index in [1.807, 2.05) is 25.1 Å². The molecule has 0 radical (unpaired) electrons. The number of nitrogens with one attached hydrogen (secondary N) is 2. The molecule has 2 N–H and O–H groups in total. The molecule has 2 aromatic rings. The number of aromatic nitrogens is 2. The minimum Gasteiger partial charge on any atom is -0.496 e. The van der Waals surface area contributed by atoms with Crippen LogP contribution in [0.3, 0.4) is 0 Å². The molecule has 0 amide bonds. The third-order valence-electron chi connectivity index (χ3n) is 2.90. The van der Waals surface area contributed by atoms with Crippen LogP contribution in [0.15, 0.2) is 24.5 Å². The minimum absolute atomic E-state index is 0.573. The van der Waals surface area contributed by atoms with Crippen LogP contribution >= 0.6 is 0 Å². The molecule has 106 valence electrons. The quantitative estimate of drug-likeness (QED) is 0.873. The normalized spacial score (nSPS) is 10.0. The van der Waals surface area contributed by atoms with Gasteiger partial charge in [-0.1, -0.05) is 0 Å². The van der Waals surface area contributed by atoms with E-state index < -0.39 is 0 Å². The number of benzene rings is 1. The van der Waals surface area contributed by atoms with Crippen molar-refractivity contribution in [2.24, 2.45) is 0 Å². The SMILES string of the molecule is CNc1ncnc(Nc2ccc(OC)c(C)c2)c1OC. The van der Waals surface area contributed by atoms with E-state index >= 15 is 0 Å². The molecule has 0 fully saturated rings. The summed E-state index contributed by atoms with van der Waals surface area (Å²) in [5.74, 6) is 2.66. The molecule has 1 aromatic heterocycles. The van der Waals surface area contributed by atoms with Gasteiger partial charge >= 0.3 is 0 Å². The van der Waals surface area contributed by atoms with E-state index in [9.17, 15) is 0 Å². The number of rotatable bonds is 5. The van der Waals surface area contributed by atoms with Crippen LogP contribution in [0.1, 0.15) is 5.56 Å². The fourth-order valence-corrected chi connectivity index (χ4v) is 1.93. The molecule has 0 bridgehead atoms. The molecule has 6 nitrogen and oxygen atoms in total. The van der Waals surface area contributed by atoms with E-state index in [4.69, 9.17) is 9.47 Å². The molecule has 0 aliphatic carbocycles. The Bertz CT molecular complexity index is 602. The van der Waals surface area contributed by atoms with Gasteiger partial charge in [-0.15, -0.1) is 0 Å². The minimum atomic E-state index is 0.573. The van der Waals surface area contributed by atoms with Crippen molar-refractivity contribution in [3.05, 3.63) is 30.1 Å². The first kappa shape index (κ1) is 13.9. The monoisotopic (exact) mass is 274 g/mol. The first-order valence-corrected chi connectivity index (χ1v) is 6.18. The summed E-state index contributed by atoms with van der Waals surface area (Å²) in [6.07, 6.45) is 1.48. The Morgan fingerprint density at radius 3 is 2.40 bits per heavy atom. The summed E-state index contributed by atoms with van der Waals surface area (Å²) < 4.78 is 10.6. The highest BCUT2D eigenvalue weighted by Gasteiger charge is 2.11. The van der Waals surface area contributed by atoms with Crippen LogP contribution in [0.2, 0.25) is 0 Å². The molecule has 0 unspecified atom stereocenters. The molecule has 0 aliphatic rings. The van der Waals surface area contributed by atoms with Crippen molar-refractivity contribution in [3.63, 3.8) is 0 Å². The van der Waals surface area contributed by atoms with E-state index in [-0.39, 0.29) is 0 Å². The Morgan fingerprint density at radius 2 is 1.80 bits per heavy atom. The van der Waals surface area contributed by atoms with Gasteiger partial charge in [0.2, 0.25) is 5.75 Å². The van der Waals surface area contributed by atoms with Crippen molar-refractivity contribution in [3.8, 4) is 11.5 Å². The molecular formula is C14H18N4O2. The maximum atomic E-state index is 5.34. The Balaban J connectivity index is 2.32. The molecule has 0 atom stereocenters. The second-order valence-corrected chi connectivity index (χ2v) is 4.16. The van der Waals surface area contributed by atoms with Gasteiger partial charge in [-0.3, -0.25) is 0 Å². The zero-order chi connectivity index (χ0) is 14.5. The second kappa shape index (κ2) is 6.10. The van der Waals surface area contributed by atoms with Gasteiger partial charge in [0.25, 0.3) is 0 Å². The highest BCUT2D eigenvalue weighted by Crippen LogP contribution is 2.31. The lowest BCUT2D eigenvalue weighted by Gasteiger charge is -2.13. The average Bonchev–Trinajstić information content (AvgIpc) is 2.47. The number of aryl methyl sites for hydroxylation is 1. The van der Waals surface area contributed by atoms with E-state index in [2.05, 4.69) is 20.6 Å². The van der Waals surface area contributed by atoms with Crippen LogP contribution in [-0.4, -0.2) is 31.2 Å². The van der Waals surface area contributed by atoms with Gasteiger partial charge in [0.15, 0.2) is 11.6 Å². The molecule has 0 spiro atoms. The topological polar surface area (TPSA) is 68.3 Å². The van der Waals surface area contributed by atoms with Gasteiger partial charge in [-0.25, -0.2) is 9.97 Å². The lowest BCUT2D eigenvalue weighted by Crippen LogP contribution is -2.03. The molecule has 2 rings (SSSR count). The second-order valence-electron chi connectivity index (χ2n) is 4.16. The lowest BCUT2D eigenvalue weighted by molar-refractivity contribution is 0.411. The first-order chi connectivity index (χ1) is 9.69. The molecule has 6 heteroatoms. The highest BCUT2D eigenvalue weighted by molar-refractivity contribution is 5.69. The van der Waals surface area contributed by atoms with Gasteiger partial charge in [0, 0.05) is 12.7 Å². The van der Waals surface area contributed by atoms with Gasteiger partial charge < -0.3 is 20.1 Å². The van der Waals surface area contributed by atoms with Crippen molar-refractivity contribution >= 4 is 17.3 Å². The van der Waals surface area contributed by atoms with Crippen LogP contribution < -0.4 is 20.1 Å². The van der Waals surface area contributed by atoms with E-state index in [0.29, 0.717) is 17.4 Å². The number of methoxy groups -OCH3 is 2. The summed E-state index contributed by atoms with van der Waals surface area (Å²) in [5.41, 5.74) is 1.95. The van der Waals surface area contributed by atoms with Crippen molar-refractivity contribution in [1.82, 2.24) is 9.97 Å². The van der Waals surface area contributed by atoms with Crippen molar-refractivity contribution < 1.29 is 9.47 Å². The number of nitrogens with zero attached hydrogens (tertiary/aromatic N) is 2. The largest absolute Gasteiger partial charge is 0.496 e. The fourth-order valence-electron chi connectivity index (χ4n) is 1.93. The zero-order valence-corrected chi connectivity index (χ0v) is 12.0. The third-order valence-corrected chi connectivity index (χ3v) is 2.90. The highest BCUT2D eigenvalue weighted by atomic mass is 16.5.